The summed E-state index contributed by atoms with van der Waals surface area (Å²) in [5.74, 6) is -1.19. The van der Waals surface area contributed by atoms with Gasteiger partial charge in [0.15, 0.2) is 0 Å². The molecule has 0 aromatic heterocycles. The predicted molar refractivity (Wildman–Crippen MR) is 61.7 cm³/mol. The molecule has 0 aliphatic rings. The monoisotopic (exact) mass is 220 g/mol. The number of carbonyl (C=O) groups is 1. The standard InChI is InChI=1S/C8H20N.C3H6O3/c1-5-6-7-8-9(2,3)4;1-2(4)3(5)6/h5-8H2,1-4H3;2,4H,1H3,(H,5,6)/q+1;. The average molecular weight is 220 g/mol. The Morgan fingerprint density at radius 2 is 1.67 bits per heavy atom. The fourth-order valence-electron chi connectivity index (χ4n) is 0.836. The fourth-order valence-corrected chi connectivity index (χ4v) is 0.836. The SMILES string of the molecule is CC(O)C(=O)O.CCCCC[N+](C)(C)C. The number of carboxylic acids is 1. The fraction of sp³-hybridized carbons (Fsp3) is 0.909. The van der Waals surface area contributed by atoms with Gasteiger partial charge in [-0.25, -0.2) is 4.79 Å². The first-order valence-electron chi connectivity index (χ1n) is 5.42. The van der Waals surface area contributed by atoms with E-state index in [4.69, 9.17) is 10.2 Å². The molecule has 1 atom stereocenters. The van der Waals surface area contributed by atoms with Crippen molar-refractivity contribution in [3.05, 3.63) is 0 Å². The summed E-state index contributed by atoms with van der Waals surface area (Å²) in [6.45, 7) is 4.76. The molecule has 4 nitrogen and oxygen atoms in total. The summed E-state index contributed by atoms with van der Waals surface area (Å²) < 4.78 is 1.11. The van der Waals surface area contributed by atoms with Gasteiger partial charge in [0.1, 0.15) is 6.10 Å². The van der Waals surface area contributed by atoms with Crippen molar-refractivity contribution in [2.45, 2.75) is 39.2 Å². The van der Waals surface area contributed by atoms with Gasteiger partial charge in [0.2, 0.25) is 0 Å². The van der Waals surface area contributed by atoms with E-state index >= 15 is 0 Å². The van der Waals surface area contributed by atoms with Crippen molar-refractivity contribution in [1.29, 1.82) is 0 Å². The highest BCUT2D eigenvalue weighted by molar-refractivity contribution is 5.71. The average Bonchev–Trinajstić information content (AvgIpc) is 2.03. The molecule has 0 aliphatic carbocycles. The van der Waals surface area contributed by atoms with E-state index in [-0.39, 0.29) is 0 Å². The molecule has 2 N–H and O–H groups in total. The van der Waals surface area contributed by atoms with E-state index in [2.05, 4.69) is 28.1 Å². The van der Waals surface area contributed by atoms with E-state index in [1.165, 1.54) is 32.7 Å². The van der Waals surface area contributed by atoms with Gasteiger partial charge in [-0.2, -0.15) is 0 Å². The molecule has 92 valence electrons. The maximum Gasteiger partial charge on any atom is 0.332 e. The van der Waals surface area contributed by atoms with Crippen LogP contribution in [0.1, 0.15) is 33.1 Å². The van der Waals surface area contributed by atoms with Crippen LogP contribution in [0.4, 0.5) is 0 Å². The van der Waals surface area contributed by atoms with Crippen molar-refractivity contribution in [3.63, 3.8) is 0 Å². The number of unbranched alkanes of at least 4 members (excludes halogenated alkanes) is 2. The molecule has 0 aromatic carbocycles. The molecule has 1 unspecified atom stereocenters. The maximum atomic E-state index is 9.45. The van der Waals surface area contributed by atoms with E-state index in [1.807, 2.05) is 0 Å². The Bertz CT molecular complexity index is 162. The van der Waals surface area contributed by atoms with Gasteiger partial charge in [0.05, 0.1) is 27.7 Å². The number of rotatable bonds is 5. The molecule has 0 aromatic rings. The van der Waals surface area contributed by atoms with Gasteiger partial charge in [-0.15, -0.1) is 0 Å². The van der Waals surface area contributed by atoms with Gasteiger partial charge in [-0.1, -0.05) is 13.3 Å². The summed E-state index contributed by atoms with van der Waals surface area (Å²) in [5.41, 5.74) is 0. The highest BCUT2D eigenvalue weighted by atomic mass is 16.4. The normalized spacial score (nSPS) is 12.7. The van der Waals surface area contributed by atoms with Crippen LogP contribution in [0.3, 0.4) is 0 Å². The van der Waals surface area contributed by atoms with Crippen LogP contribution < -0.4 is 0 Å². The van der Waals surface area contributed by atoms with Crippen LogP contribution in [0.25, 0.3) is 0 Å². The van der Waals surface area contributed by atoms with E-state index in [1.54, 1.807) is 0 Å². The van der Waals surface area contributed by atoms with Crippen molar-refractivity contribution in [2.75, 3.05) is 27.7 Å². The molecule has 0 fully saturated rings. The largest absolute Gasteiger partial charge is 0.479 e. The van der Waals surface area contributed by atoms with Crippen molar-refractivity contribution in [1.82, 2.24) is 0 Å². The van der Waals surface area contributed by atoms with E-state index in [0.717, 1.165) is 4.48 Å². The number of hydrogen-bond acceptors (Lipinski definition) is 2. The molecule has 0 heterocycles. The van der Waals surface area contributed by atoms with Gasteiger partial charge in [0, 0.05) is 0 Å². The second-order valence-corrected chi connectivity index (χ2v) is 4.74. The van der Waals surface area contributed by atoms with Crippen molar-refractivity contribution >= 4 is 5.97 Å². The molecule has 15 heavy (non-hydrogen) atoms. The lowest BCUT2D eigenvalue weighted by Gasteiger charge is -2.23. The van der Waals surface area contributed by atoms with Crippen LogP contribution in [-0.2, 0) is 4.79 Å². The number of hydrogen-bond donors (Lipinski definition) is 2. The van der Waals surface area contributed by atoms with Gasteiger partial charge >= 0.3 is 5.97 Å². The van der Waals surface area contributed by atoms with Crippen LogP contribution in [-0.4, -0.2) is 54.5 Å². The first-order chi connectivity index (χ1) is 6.70. The second kappa shape index (κ2) is 8.68. The third-order valence-corrected chi connectivity index (χ3v) is 1.79. The van der Waals surface area contributed by atoms with Crippen LogP contribution in [0.15, 0.2) is 0 Å². The highest BCUT2D eigenvalue weighted by Crippen LogP contribution is 1.98. The van der Waals surface area contributed by atoms with Gasteiger partial charge in [0.25, 0.3) is 0 Å². The van der Waals surface area contributed by atoms with Gasteiger partial charge in [-0.3, -0.25) is 0 Å². The Morgan fingerprint density at radius 1 is 1.27 bits per heavy atom. The molecule has 0 radical (unpaired) electrons. The van der Waals surface area contributed by atoms with Crippen molar-refractivity contribution in [2.24, 2.45) is 0 Å². The molecule has 4 heteroatoms. The Hall–Kier alpha value is -0.610. The zero-order valence-corrected chi connectivity index (χ0v) is 10.7. The zero-order valence-electron chi connectivity index (χ0n) is 10.7. The molecule has 0 saturated heterocycles. The molecule has 0 rings (SSSR count). The lowest BCUT2D eigenvalue weighted by molar-refractivity contribution is -0.870. The molecule has 0 aliphatic heterocycles. The Morgan fingerprint density at radius 3 is 1.87 bits per heavy atom. The second-order valence-electron chi connectivity index (χ2n) is 4.74. The van der Waals surface area contributed by atoms with Crippen molar-refractivity contribution in [3.8, 4) is 0 Å². The minimum atomic E-state index is -1.23. The minimum absolute atomic E-state index is 1.11. The van der Waals surface area contributed by atoms with Crippen molar-refractivity contribution < 1.29 is 19.5 Å². The van der Waals surface area contributed by atoms with Crippen LogP contribution in [0.2, 0.25) is 0 Å². The summed E-state index contributed by atoms with van der Waals surface area (Å²) in [6.07, 6.45) is 2.86. The summed E-state index contributed by atoms with van der Waals surface area (Å²) in [5, 5.41) is 15.8. The Kier molecular flexibility index (Phi) is 9.72. The summed E-state index contributed by atoms with van der Waals surface area (Å²) in [7, 11) is 6.74. The zero-order chi connectivity index (χ0) is 12.5. The Labute approximate surface area is 93.1 Å². The maximum absolute atomic E-state index is 9.45. The number of nitrogens with zero attached hydrogens (tertiary/aromatic N) is 1. The summed E-state index contributed by atoms with van der Waals surface area (Å²) >= 11 is 0. The van der Waals surface area contributed by atoms with Gasteiger partial charge < -0.3 is 14.7 Å². The van der Waals surface area contributed by atoms with E-state index in [0.29, 0.717) is 0 Å². The number of quaternary nitrogens is 1. The smallest absolute Gasteiger partial charge is 0.332 e. The van der Waals surface area contributed by atoms with E-state index < -0.39 is 12.1 Å². The third-order valence-electron chi connectivity index (χ3n) is 1.79. The Balaban J connectivity index is 0. The van der Waals surface area contributed by atoms with Gasteiger partial charge in [-0.05, 0) is 19.8 Å². The van der Waals surface area contributed by atoms with Crippen LogP contribution in [0, 0.1) is 0 Å². The predicted octanol–water partition coefficient (Wildman–Crippen LogP) is 1.33. The molecule has 0 amide bonds. The minimum Gasteiger partial charge on any atom is -0.479 e. The third kappa shape index (κ3) is 19.7. The topological polar surface area (TPSA) is 57.5 Å². The molecular weight excluding hydrogens is 194 g/mol. The lowest BCUT2D eigenvalue weighted by atomic mass is 10.2. The quantitative estimate of drug-likeness (QED) is 0.543. The number of carboxylic acid groups (broad SMARTS) is 1. The van der Waals surface area contributed by atoms with Crippen LogP contribution in [0.5, 0.6) is 0 Å². The van der Waals surface area contributed by atoms with Crippen LogP contribution >= 0.6 is 0 Å². The number of aliphatic hydroxyl groups excluding tert-OH is 1. The number of aliphatic hydroxyl groups is 1. The number of aliphatic carboxylic acids is 1. The molecule has 0 saturated carbocycles. The highest BCUT2D eigenvalue weighted by Gasteiger charge is 2.03. The first kappa shape index (κ1) is 16.8. The molecule has 0 bridgehead atoms. The first-order valence-corrected chi connectivity index (χ1v) is 5.42. The summed E-state index contributed by atoms with van der Waals surface area (Å²) in [6, 6.07) is 0. The molecular formula is C11H26NO3+. The lowest BCUT2D eigenvalue weighted by Crippen LogP contribution is -2.35. The molecule has 0 spiro atoms. The summed E-state index contributed by atoms with van der Waals surface area (Å²) in [4.78, 5) is 9.45. The van der Waals surface area contributed by atoms with E-state index in [9.17, 15) is 4.79 Å².